The fourth-order valence-electron chi connectivity index (χ4n) is 2.79. The highest BCUT2D eigenvalue weighted by atomic mass is 32.2. The number of likely N-dealkylation sites (N-methyl/N-ethyl adjacent to an activating group) is 1. The van der Waals surface area contributed by atoms with Gasteiger partial charge in [0.1, 0.15) is 0 Å². The highest BCUT2D eigenvalue weighted by Gasteiger charge is 2.32. The van der Waals surface area contributed by atoms with Crippen molar-refractivity contribution in [3.8, 4) is 0 Å². The van der Waals surface area contributed by atoms with Gasteiger partial charge >= 0.3 is 5.97 Å². The Labute approximate surface area is 168 Å². The van der Waals surface area contributed by atoms with Gasteiger partial charge in [-0.2, -0.15) is 0 Å². The van der Waals surface area contributed by atoms with Crippen molar-refractivity contribution < 1.29 is 14.7 Å². The van der Waals surface area contributed by atoms with Gasteiger partial charge in [0.05, 0.1) is 16.2 Å². The number of hydrogen-bond donors (Lipinski definition) is 1. The molecule has 28 heavy (non-hydrogen) atoms. The average molecular weight is 392 g/mol. The van der Waals surface area contributed by atoms with E-state index in [1.165, 1.54) is 17.8 Å². The van der Waals surface area contributed by atoms with Crippen LogP contribution in [0.1, 0.15) is 29.8 Å². The molecule has 142 valence electrons. The summed E-state index contributed by atoms with van der Waals surface area (Å²) in [7, 11) is 0. The number of carboxylic acid groups (broad SMARTS) is 1. The molecule has 0 unspecified atom stereocenters. The van der Waals surface area contributed by atoms with Gasteiger partial charge in [-0.3, -0.25) is 9.69 Å². The Morgan fingerprint density at radius 2 is 1.82 bits per heavy atom. The molecule has 1 fully saturated rings. The number of benzene rings is 2. The number of carbonyl (C=O) groups is 2. The van der Waals surface area contributed by atoms with Crippen molar-refractivity contribution in [1.29, 1.82) is 0 Å². The van der Waals surface area contributed by atoms with Crippen LogP contribution in [0.15, 0.2) is 76.1 Å². The first-order chi connectivity index (χ1) is 13.5. The second-order valence-corrected chi connectivity index (χ2v) is 7.18. The summed E-state index contributed by atoms with van der Waals surface area (Å²) >= 11 is 1.26. The molecule has 2 aromatic rings. The second-order valence-electron chi connectivity index (χ2n) is 6.18. The Morgan fingerprint density at radius 3 is 2.50 bits per heavy atom. The summed E-state index contributed by atoms with van der Waals surface area (Å²) in [5.74, 6) is -1.17. The number of amidine groups is 1. The number of hydrogen-bond acceptors (Lipinski definition) is 4. The zero-order chi connectivity index (χ0) is 20.1. The van der Waals surface area contributed by atoms with Crippen molar-refractivity contribution in [2.75, 3.05) is 6.54 Å². The van der Waals surface area contributed by atoms with E-state index in [1.54, 1.807) is 23.1 Å². The van der Waals surface area contributed by atoms with E-state index >= 15 is 0 Å². The van der Waals surface area contributed by atoms with E-state index in [-0.39, 0.29) is 11.5 Å². The monoisotopic (exact) mass is 392 g/mol. The fraction of sp³-hybridized carbons (Fsp3) is 0.136. The molecule has 0 aliphatic carbocycles. The van der Waals surface area contributed by atoms with Gasteiger partial charge in [-0.15, -0.1) is 0 Å². The van der Waals surface area contributed by atoms with E-state index in [0.29, 0.717) is 22.3 Å². The van der Waals surface area contributed by atoms with E-state index in [2.05, 4.69) is 4.99 Å². The van der Waals surface area contributed by atoms with Gasteiger partial charge in [0, 0.05) is 6.54 Å². The molecule has 3 rings (SSSR count). The molecule has 6 heteroatoms. The number of thioether (sulfide) groups is 1. The number of carboxylic acids is 1. The molecular weight excluding hydrogens is 372 g/mol. The van der Waals surface area contributed by atoms with Gasteiger partial charge in [-0.05, 0) is 55.0 Å². The topological polar surface area (TPSA) is 70.0 Å². The normalized spacial score (nSPS) is 17.6. The zero-order valence-electron chi connectivity index (χ0n) is 15.6. The largest absolute Gasteiger partial charge is 0.478 e. The lowest BCUT2D eigenvalue weighted by Crippen LogP contribution is -2.28. The van der Waals surface area contributed by atoms with Crippen molar-refractivity contribution in [2.45, 2.75) is 13.8 Å². The van der Waals surface area contributed by atoms with Crippen LogP contribution in [-0.2, 0) is 4.79 Å². The quantitative estimate of drug-likeness (QED) is 0.731. The van der Waals surface area contributed by atoms with Crippen LogP contribution in [0.3, 0.4) is 0 Å². The Balaban J connectivity index is 1.93. The Morgan fingerprint density at radius 1 is 1.14 bits per heavy atom. The lowest BCUT2D eigenvalue weighted by atomic mass is 10.1. The van der Waals surface area contributed by atoms with Gasteiger partial charge in [-0.1, -0.05) is 48.5 Å². The van der Waals surface area contributed by atoms with Crippen LogP contribution in [0.25, 0.3) is 6.08 Å². The van der Waals surface area contributed by atoms with E-state index in [4.69, 9.17) is 0 Å². The molecule has 1 aliphatic rings. The van der Waals surface area contributed by atoms with Gasteiger partial charge in [0.15, 0.2) is 5.17 Å². The maximum atomic E-state index is 12.8. The number of carbonyl (C=O) groups excluding carboxylic acids is 1. The van der Waals surface area contributed by atoms with Crippen molar-refractivity contribution in [3.63, 3.8) is 0 Å². The Kier molecular flexibility index (Phi) is 6.11. The predicted octanol–water partition coefficient (Wildman–Crippen LogP) is 4.96. The standard InChI is InChI=1S/C22H20N2O3S/c1-3-24-20(25)19(14-15(2)13-16-9-5-4-6-10-16)28-22(24)23-18-12-8-7-11-17(18)21(26)27/h4-14H,3H2,1-2H3,(H,26,27)/b15-13+,19-14-,23-22?. The number of rotatable bonds is 5. The van der Waals surface area contributed by atoms with Gasteiger partial charge < -0.3 is 5.11 Å². The van der Waals surface area contributed by atoms with E-state index in [9.17, 15) is 14.7 Å². The summed E-state index contributed by atoms with van der Waals surface area (Å²) in [5.41, 5.74) is 2.45. The van der Waals surface area contributed by atoms with Gasteiger partial charge in [-0.25, -0.2) is 9.79 Å². The molecule has 0 atom stereocenters. The SMILES string of the molecule is CCN1C(=O)/C(=C/C(C)=C/c2ccccc2)SC1=Nc1ccccc1C(=O)O. The molecule has 5 nitrogen and oxygen atoms in total. The molecule has 0 spiro atoms. The number of aromatic carboxylic acids is 1. The summed E-state index contributed by atoms with van der Waals surface area (Å²) in [5, 5.41) is 9.84. The number of aliphatic imine (C=N–C) groups is 1. The van der Waals surface area contributed by atoms with Gasteiger partial charge in [0.2, 0.25) is 0 Å². The number of allylic oxidation sites excluding steroid dienone is 2. The molecule has 1 heterocycles. The van der Waals surface area contributed by atoms with E-state index in [0.717, 1.165) is 11.1 Å². The number of nitrogens with zero attached hydrogens (tertiary/aromatic N) is 2. The van der Waals surface area contributed by atoms with Crippen LogP contribution in [0.4, 0.5) is 5.69 Å². The van der Waals surface area contributed by atoms with Crippen molar-refractivity contribution in [2.24, 2.45) is 4.99 Å². The smallest absolute Gasteiger partial charge is 0.337 e. The first-order valence-electron chi connectivity index (χ1n) is 8.85. The van der Waals surface area contributed by atoms with E-state index in [1.807, 2.05) is 56.3 Å². The third-order valence-corrected chi connectivity index (χ3v) is 5.11. The van der Waals surface area contributed by atoms with Crippen LogP contribution in [0.2, 0.25) is 0 Å². The molecule has 1 saturated heterocycles. The molecule has 0 bridgehead atoms. The third kappa shape index (κ3) is 4.40. The second kappa shape index (κ2) is 8.71. The first-order valence-corrected chi connectivity index (χ1v) is 9.67. The predicted molar refractivity (Wildman–Crippen MR) is 114 cm³/mol. The molecule has 2 aromatic carbocycles. The third-order valence-electron chi connectivity index (χ3n) is 4.11. The van der Waals surface area contributed by atoms with Crippen LogP contribution < -0.4 is 0 Å². The summed E-state index contributed by atoms with van der Waals surface area (Å²) < 4.78 is 0. The lowest BCUT2D eigenvalue weighted by molar-refractivity contribution is -0.122. The van der Waals surface area contributed by atoms with Crippen LogP contribution in [0, 0.1) is 0 Å². The zero-order valence-corrected chi connectivity index (χ0v) is 16.4. The lowest BCUT2D eigenvalue weighted by Gasteiger charge is -2.12. The minimum Gasteiger partial charge on any atom is -0.478 e. The van der Waals surface area contributed by atoms with Gasteiger partial charge in [0.25, 0.3) is 5.91 Å². The summed E-state index contributed by atoms with van der Waals surface area (Å²) in [6, 6.07) is 16.4. The Bertz CT molecular complexity index is 994. The molecule has 0 radical (unpaired) electrons. The van der Waals surface area contributed by atoms with E-state index < -0.39 is 5.97 Å². The summed E-state index contributed by atoms with van der Waals surface area (Å²) in [4.78, 5) is 30.8. The highest BCUT2D eigenvalue weighted by Crippen LogP contribution is 2.34. The molecule has 0 saturated carbocycles. The van der Waals surface area contributed by atoms with Crippen molar-refractivity contribution >= 4 is 40.6 Å². The highest BCUT2D eigenvalue weighted by molar-refractivity contribution is 8.18. The van der Waals surface area contributed by atoms with Crippen LogP contribution in [0.5, 0.6) is 0 Å². The minimum atomic E-state index is -1.05. The minimum absolute atomic E-state index is 0.108. The molecular formula is C22H20N2O3S. The maximum absolute atomic E-state index is 12.8. The molecule has 1 amide bonds. The van der Waals surface area contributed by atoms with Crippen molar-refractivity contribution in [1.82, 2.24) is 4.90 Å². The van der Waals surface area contributed by atoms with Crippen molar-refractivity contribution in [3.05, 3.63) is 82.3 Å². The molecule has 1 aliphatic heterocycles. The summed E-state index contributed by atoms with van der Waals surface area (Å²) in [6.07, 6.45) is 3.85. The Hall–Kier alpha value is -3.12. The van der Waals surface area contributed by atoms with Crippen LogP contribution >= 0.6 is 11.8 Å². The maximum Gasteiger partial charge on any atom is 0.337 e. The van der Waals surface area contributed by atoms with Crippen LogP contribution in [-0.4, -0.2) is 33.6 Å². The average Bonchev–Trinajstić information content (AvgIpc) is 2.97. The number of para-hydroxylation sites is 1. The first kappa shape index (κ1) is 19.6. The summed E-state index contributed by atoms with van der Waals surface area (Å²) in [6.45, 7) is 4.27. The molecule has 1 N–H and O–H groups in total. The fourth-order valence-corrected chi connectivity index (χ4v) is 3.89. The molecule has 0 aromatic heterocycles. The number of amides is 1.